The molecule has 1 amide bonds. The van der Waals surface area contributed by atoms with Gasteiger partial charge < -0.3 is 4.74 Å². The van der Waals surface area contributed by atoms with Gasteiger partial charge in [0, 0.05) is 12.3 Å². The van der Waals surface area contributed by atoms with Gasteiger partial charge >= 0.3 is 0 Å². The fourth-order valence-electron chi connectivity index (χ4n) is 3.27. The Morgan fingerprint density at radius 3 is 2.81 bits per heavy atom. The first-order valence-corrected chi connectivity index (χ1v) is 8.98. The molecule has 0 radical (unpaired) electrons. The lowest BCUT2D eigenvalue weighted by Gasteiger charge is -2.27. The molecule has 0 atom stereocenters. The molecule has 0 N–H and O–H groups in total. The van der Waals surface area contributed by atoms with Gasteiger partial charge in [-0.15, -0.1) is 5.10 Å². The summed E-state index contributed by atoms with van der Waals surface area (Å²) in [5, 5.41) is 4.52. The molecule has 1 aromatic carbocycles. The molecule has 7 nitrogen and oxygen atoms in total. The Bertz CT molecular complexity index is 996. The number of benzene rings is 1. The summed E-state index contributed by atoms with van der Waals surface area (Å²) in [7, 11) is 0. The van der Waals surface area contributed by atoms with Gasteiger partial charge in [0.05, 0.1) is 18.4 Å². The summed E-state index contributed by atoms with van der Waals surface area (Å²) in [5.41, 5.74) is 2.75. The van der Waals surface area contributed by atoms with Crippen molar-refractivity contribution in [1.82, 2.24) is 19.7 Å². The molecular formula is C20H21N5O2. The van der Waals surface area contributed by atoms with E-state index in [1.54, 1.807) is 28.0 Å². The van der Waals surface area contributed by atoms with Gasteiger partial charge in [0.1, 0.15) is 23.9 Å². The highest BCUT2D eigenvalue weighted by Crippen LogP contribution is 2.31. The van der Waals surface area contributed by atoms with E-state index in [-0.39, 0.29) is 11.7 Å². The van der Waals surface area contributed by atoms with Crippen LogP contribution in [0.4, 0.5) is 5.69 Å². The number of carbonyl (C=O) groups is 1. The molecule has 1 aliphatic rings. The number of nitrogens with zero attached hydrogens (tertiary/aromatic N) is 5. The molecule has 0 unspecified atom stereocenters. The number of ether oxygens (including phenoxy) is 1. The molecule has 4 rings (SSSR count). The second-order valence-electron chi connectivity index (χ2n) is 6.76. The Balaban J connectivity index is 1.72. The second kappa shape index (κ2) is 6.83. The summed E-state index contributed by atoms with van der Waals surface area (Å²) < 4.78 is 7.34. The number of anilines is 1. The zero-order valence-electron chi connectivity index (χ0n) is 15.6. The smallest absolute Gasteiger partial charge is 0.298 e. The Morgan fingerprint density at radius 1 is 1.19 bits per heavy atom. The molecule has 2 aromatic heterocycles. The summed E-state index contributed by atoms with van der Waals surface area (Å²) in [6.45, 7) is 6.99. The van der Waals surface area contributed by atoms with Crippen molar-refractivity contribution in [2.24, 2.45) is 0 Å². The number of fused-ring (bicyclic) bond motifs is 1. The minimum absolute atomic E-state index is 0.169. The molecular weight excluding hydrogens is 342 g/mol. The molecule has 1 aliphatic heterocycles. The third-order valence-corrected chi connectivity index (χ3v) is 4.62. The number of pyridine rings is 1. The molecule has 138 valence electrons. The van der Waals surface area contributed by atoms with Gasteiger partial charge in [-0.1, -0.05) is 32.0 Å². The van der Waals surface area contributed by atoms with Crippen LogP contribution in [0.5, 0.6) is 5.75 Å². The van der Waals surface area contributed by atoms with Crippen LogP contribution in [-0.2, 0) is 0 Å². The summed E-state index contributed by atoms with van der Waals surface area (Å²) >= 11 is 0. The zero-order valence-corrected chi connectivity index (χ0v) is 15.6. The zero-order chi connectivity index (χ0) is 19.0. The van der Waals surface area contributed by atoms with E-state index in [4.69, 9.17) is 4.74 Å². The van der Waals surface area contributed by atoms with E-state index in [1.165, 1.54) is 0 Å². The van der Waals surface area contributed by atoms with Crippen molar-refractivity contribution in [1.29, 1.82) is 0 Å². The largest absolute Gasteiger partial charge is 0.489 e. The average molecular weight is 363 g/mol. The highest BCUT2D eigenvalue weighted by Gasteiger charge is 2.28. The predicted octanol–water partition coefficient (Wildman–Crippen LogP) is 3.13. The first kappa shape index (κ1) is 17.2. The van der Waals surface area contributed by atoms with Crippen LogP contribution in [0.2, 0.25) is 0 Å². The first-order chi connectivity index (χ1) is 13.1. The normalized spacial score (nSPS) is 13.4. The molecule has 0 spiro atoms. The highest BCUT2D eigenvalue weighted by molar-refractivity contribution is 6.04. The van der Waals surface area contributed by atoms with Crippen LogP contribution in [0.1, 0.15) is 41.8 Å². The first-order valence-electron chi connectivity index (χ1n) is 8.98. The van der Waals surface area contributed by atoms with Gasteiger partial charge in [0.15, 0.2) is 0 Å². The van der Waals surface area contributed by atoms with Crippen LogP contribution in [0.15, 0.2) is 42.7 Å². The lowest BCUT2D eigenvalue weighted by molar-refractivity contribution is 0.0966. The number of aryl methyl sites for hydroxylation is 1. The van der Waals surface area contributed by atoms with Crippen LogP contribution < -0.4 is 9.64 Å². The molecule has 0 saturated heterocycles. The minimum atomic E-state index is -0.253. The highest BCUT2D eigenvalue weighted by atomic mass is 16.5. The summed E-state index contributed by atoms with van der Waals surface area (Å²) in [5.74, 6) is 1.57. The van der Waals surface area contributed by atoms with Crippen molar-refractivity contribution >= 4 is 11.6 Å². The molecule has 3 aromatic rings. The van der Waals surface area contributed by atoms with E-state index in [2.05, 4.69) is 35.0 Å². The van der Waals surface area contributed by atoms with Crippen molar-refractivity contribution in [2.45, 2.75) is 26.7 Å². The van der Waals surface area contributed by atoms with Gasteiger partial charge in [-0.05, 0) is 24.5 Å². The Morgan fingerprint density at radius 2 is 2.00 bits per heavy atom. The maximum absolute atomic E-state index is 13.1. The van der Waals surface area contributed by atoms with Gasteiger partial charge in [-0.25, -0.2) is 9.67 Å². The number of carbonyl (C=O) groups excluding carboxylic acids is 1. The molecule has 0 fully saturated rings. The maximum atomic E-state index is 13.1. The van der Waals surface area contributed by atoms with Crippen LogP contribution in [0.25, 0.3) is 5.69 Å². The van der Waals surface area contributed by atoms with Crippen LogP contribution in [0.3, 0.4) is 0 Å². The quantitative estimate of drug-likeness (QED) is 0.715. The van der Waals surface area contributed by atoms with Crippen LogP contribution >= 0.6 is 0 Å². The molecule has 27 heavy (non-hydrogen) atoms. The minimum Gasteiger partial charge on any atom is -0.489 e. The lowest BCUT2D eigenvalue weighted by atomic mass is 10.0. The Labute approximate surface area is 157 Å². The Hall–Kier alpha value is -3.22. The third kappa shape index (κ3) is 3.05. The number of aromatic nitrogens is 4. The van der Waals surface area contributed by atoms with Crippen molar-refractivity contribution < 1.29 is 9.53 Å². The van der Waals surface area contributed by atoms with Crippen molar-refractivity contribution in [2.75, 3.05) is 18.1 Å². The lowest BCUT2D eigenvalue weighted by Crippen LogP contribution is -2.38. The molecule has 0 bridgehead atoms. The summed E-state index contributed by atoms with van der Waals surface area (Å²) in [4.78, 5) is 23.2. The monoisotopic (exact) mass is 363 g/mol. The topological polar surface area (TPSA) is 73.1 Å². The predicted molar refractivity (Wildman–Crippen MR) is 102 cm³/mol. The third-order valence-electron chi connectivity index (χ3n) is 4.62. The fraction of sp³-hybridized carbons (Fsp3) is 0.300. The van der Waals surface area contributed by atoms with E-state index in [0.29, 0.717) is 36.3 Å². The van der Waals surface area contributed by atoms with Crippen molar-refractivity contribution in [3.63, 3.8) is 0 Å². The number of rotatable bonds is 3. The van der Waals surface area contributed by atoms with Gasteiger partial charge in [-0.2, -0.15) is 0 Å². The SMILES string of the molecule is Cc1nc(C(=O)N2CCOc3ccncc32)nn1-c1ccccc1C(C)C. The molecule has 7 heteroatoms. The average Bonchev–Trinajstić information content (AvgIpc) is 3.08. The fourth-order valence-corrected chi connectivity index (χ4v) is 3.27. The van der Waals surface area contributed by atoms with Gasteiger partial charge in [-0.3, -0.25) is 14.7 Å². The van der Waals surface area contributed by atoms with Crippen LogP contribution in [0, 0.1) is 6.92 Å². The summed E-state index contributed by atoms with van der Waals surface area (Å²) in [6.07, 6.45) is 3.27. The number of hydrogen-bond donors (Lipinski definition) is 0. The van der Waals surface area contributed by atoms with Gasteiger partial charge in [0.25, 0.3) is 5.91 Å². The van der Waals surface area contributed by atoms with Crippen LogP contribution in [-0.4, -0.2) is 38.8 Å². The standard InChI is InChI=1S/C20H21N5O2/c1-13(2)15-6-4-5-7-16(15)25-14(3)22-19(23-25)20(26)24-10-11-27-18-8-9-21-12-17(18)24/h4-9,12-13H,10-11H2,1-3H3. The Kier molecular flexibility index (Phi) is 4.35. The molecule has 3 heterocycles. The van der Waals surface area contributed by atoms with Crippen molar-refractivity contribution in [3.8, 4) is 11.4 Å². The number of hydrogen-bond acceptors (Lipinski definition) is 5. The molecule has 0 aliphatic carbocycles. The molecule has 0 saturated carbocycles. The van der Waals surface area contributed by atoms with Crippen molar-refractivity contribution in [3.05, 3.63) is 59.9 Å². The van der Waals surface area contributed by atoms with E-state index in [9.17, 15) is 4.79 Å². The second-order valence-corrected chi connectivity index (χ2v) is 6.76. The van der Waals surface area contributed by atoms with E-state index in [1.807, 2.05) is 25.1 Å². The summed E-state index contributed by atoms with van der Waals surface area (Å²) in [6, 6.07) is 9.80. The maximum Gasteiger partial charge on any atom is 0.298 e. The number of amides is 1. The van der Waals surface area contributed by atoms with E-state index < -0.39 is 0 Å². The van der Waals surface area contributed by atoms with Gasteiger partial charge in [0.2, 0.25) is 5.82 Å². The number of para-hydroxylation sites is 1. The van der Waals surface area contributed by atoms with E-state index in [0.717, 1.165) is 11.3 Å². The van der Waals surface area contributed by atoms with E-state index >= 15 is 0 Å².